The Labute approximate surface area is 139 Å². The SMILES string of the molecule is COc1ccccc1CN1CC(O)=C(c2nc(C)c(C)s2)C1=N. The van der Waals surface area contributed by atoms with Crippen LogP contribution in [-0.2, 0) is 6.54 Å². The number of amidine groups is 1. The molecule has 0 radical (unpaired) electrons. The van der Waals surface area contributed by atoms with Crippen molar-refractivity contribution < 1.29 is 9.84 Å². The second-order valence-electron chi connectivity index (χ2n) is 5.50. The number of methoxy groups -OCH3 is 1. The molecule has 2 N–H and O–H groups in total. The predicted octanol–water partition coefficient (Wildman–Crippen LogP) is 3.53. The van der Waals surface area contributed by atoms with Gasteiger partial charge < -0.3 is 14.7 Å². The fraction of sp³-hybridized carbons (Fsp3) is 0.294. The number of aryl methyl sites for hydroxylation is 2. The molecule has 120 valence electrons. The van der Waals surface area contributed by atoms with Crippen LogP contribution in [0.2, 0.25) is 0 Å². The molecule has 1 aromatic carbocycles. The standard InChI is InChI=1S/C17H19N3O2S/c1-10-11(2)23-17(19-10)15-13(21)9-20(16(15)18)8-12-6-4-5-7-14(12)22-3/h4-7,18,21H,8-9H2,1-3H3. The second kappa shape index (κ2) is 6.04. The van der Waals surface area contributed by atoms with E-state index in [1.54, 1.807) is 7.11 Å². The van der Waals surface area contributed by atoms with E-state index < -0.39 is 0 Å². The van der Waals surface area contributed by atoms with Gasteiger partial charge in [-0.2, -0.15) is 0 Å². The number of hydrogen-bond donors (Lipinski definition) is 2. The molecule has 0 aliphatic carbocycles. The normalized spacial score (nSPS) is 14.7. The molecule has 0 saturated heterocycles. The Bertz CT molecular complexity index is 775. The topological polar surface area (TPSA) is 69.4 Å². The van der Waals surface area contributed by atoms with Gasteiger partial charge >= 0.3 is 0 Å². The minimum absolute atomic E-state index is 0.207. The highest BCUT2D eigenvalue weighted by molar-refractivity contribution is 7.13. The van der Waals surface area contributed by atoms with Crippen molar-refractivity contribution in [3.05, 3.63) is 51.2 Å². The first-order valence-corrected chi connectivity index (χ1v) is 8.15. The van der Waals surface area contributed by atoms with Gasteiger partial charge in [0.2, 0.25) is 0 Å². The minimum atomic E-state index is 0.207. The van der Waals surface area contributed by atoms with Crippen LogP contribution in [0, 0.1) is 19.3 Å². The van der Waals surface area contributed by atoms with E-state index in [1.165, 1.54) is 11.3 Å². The van der Waals surface area contributed by atoms with Crippen LogP contribution in [0.1, 0.15) is 21.1 Å². The third-order valence-electron chi connectivity index (χ3n) is 3.98. The van der Waals surface area contributed by atoms with Crippen LogP contribution in [0.3, 0.4) is 0 Å². The summed E-state index contributed by atoms with van der Waals surface area (Å²) in [6.45, 7) is 4.78. The maximum Gasteiger partial charge on any atom is 0.135 e. The van der Waals surface area contributed by atoms with E-state index in [2.05, 4.69) is 4.98 Å². The van der Waals surface area contributed by atoms with E-state index >= 15 is 0 Å². The zero-order valence-corrected chi connectivity index (χ0v) is 14.2. The second-order valence-corrected chi connectivity index (χ2v) is 6.70. The quantitative estimate of drug-likeness (QED) is 0.900. The molecule has 2 heterocycles. The zero-order valence-electron chi connectivity index (χ0n) is 13.4. The summed E-state index contributed by atoms with van der Waals surface area (Å²) >= 11 is 1.51. The average molecular weight is 329 g/mol. The number of thiazole rings is 1. The van der Waals surface area contributed by atoms with Crippen molar-refractivity contribution >= 4 is 22.7 Å². The number of hydrogen-bond acceptors (Lipinski definition) is 5. The number of aliphatic hydroxyl groups excluding tert-OH is 1. The first kappa shape index (κ1) is 15.6. The van der Waals surface area contributed by atoms with E-state index in [0.29, 0.717) is 29.5 Å². The molecule has 0 atom stereocenters. The molecule has 5 nitrogen and oxygen atoms in total. The number of aromatic nitrogens is 1. The van der Waals surface area contributed by atoms with Crippen LogP contribution in [0.5, 0.6) is 5.75 Å². The molecule has 0 fully saturated rings. The third kappa shape index (κ3) is 2.82. The Morgan fingerprint density at radius 3 is 2.74 bits per heavy atom. The van der Waals surface area contributed by atoms with Crippen molar-refractivity contribution in [3.63, 3.8) is 0 Å². The lowest BCUT2D eigenvalue weighted by Crippen LogP contribution is -2.26. The predicted molar refractivity (Wildman–Crippen MR) is 92.3 cm³/mol. The Hall–Kier alpha value is -2.34. The molecule has 6 heteroatoms. The van der Waals surface area contributed by atoms with Gasteiger partial charge in [0.25, 0.3) is 0 Å². The minimum Gasteiger partial charge on any atom is -0.510 e. The molecule has 0 saturated carbocycles. The summed E-state index contributed by atoms with van der Waals surface area (Å²) in [6, 6.07) is 7.73. The lowest BCUT2D eigenvalue weighted by Gasteiger charge is -2.20. The van der Waals surface area contributed by atoms with E-state index in [1.807, 2.05) is 43.0 Å². The monoisotopic (exact) mass is 329 g/mol. The summed E-state index contributed by atoms with van der Waals surface area (Å²) in [7, 11) is 1.64. The van der Waals surface area contributed by atoms with Gasteiger partial charge in [-0.25, -0.2) is 4.98 Å². The molecule has 0 spiro atoms. The highest BCUT2D eigenvalue weighted by Crippen LogP contribution is 2.32. The molecule has 1 aliphatic heterocycles. The van der Waals surface area contributed by atoms with Gasteiger partial charge in [0.15, 0.2) is 0 Å². The molecule has 0 amide bonds. The number of rotatable bonds is 4. The van der Waals surface area contributed by atoms with E-state index in [0.717, 1.165) is 21.9 Å². The maximum absolute atomic E-state index is 10.3. The summed E-state index contributed by atoms with van der Waals surface area (Å²) in [6.07, 6.45) is 0. The number of para-hydroxylation sites is 1. The Balaban J connectivity index is 1.85. The highest BCUT2D eigenvalue weighted by atomic mass is 32.1. The van der Waals surface area contributed by atoms with E-state index in [-0.39, 0.29) is 5.76 Å². The highest BCUT2D eigenvalue weighted by Gasteiger charge is 2.30. The Kier molecular flexibility index (Phi) is 4.09. The van der Waals surface area contributed by atoms with Crippen molar-refractivity contribution in [1.29, 1.82) is 5.41 Å². The molecule has 1 aromatic heterocycles. The van der Waals surface area contributed by atoms with Gasteiger partial charge in [0, 0.05) is 17.0 Å². The number of ether oxygens (including phenoxy) is 1. The van der Waals surface area contributed by atoms with Gasteiger partial charge in [-0.15, -0.1) is 11.3 Å². The fourth-order valence-corrected chi connectivity index (χ4v) is 3.59. The van der Waals surface area contributed by atoms with Crippen molar-refractivity contribution in [1.82, 2.24) is 9.88 Å². The Morgan fingerprint density at radius 1 is 1.35 bits per heavy atom. The van der Waals surface area contributed by atoms with Gasteiger partial charge in [-0.3, -0.25) is 5.41 Å². The number of nitrogens with one attached hydrogen (secondary N) is 1. The third-order valence-corrected chi connectivity index (χ3v) is 5.07. The molecule has 0 unspecified atom stereocenters. The van der Waals surface area contributed by atoms with Gasteiger partial charge in [0.1, 0.15) is 22.4 Å². The molecule has 3 rings (SSSR count). The molecule has 2 aromatic rings. The average Bonchev–Trinajstić information content (AvgIpc) is 2.99. The maximum atomic E-state index is 10.3. The lowest BCUT2D eigenvalue weighted by atomic mass is 10.2. The van der Waals surface area contributed by atoms with Gasteiger partial charge in [-0.05, 0) is 19.9 Å². The number of benzene rings is 1. The molecular weight excluding hydrogens is 310 g/mol. The summed E-state index contributed by atoms with van der Waals surface area (Å²) in [5, 5.41) is 19.5. The summed E-state index contributed by atoms with van der Waals surface area (Å²) < 4.78 is 5.36. The van der Waals surface area contributed by atoms with Crippen molar-refractivity contribution in [2.75, 3.05) is 13.7 Å². The smallest absolute Gasteiger partial charge is 0.135 e. The molecule has 23 heavy (non-hydrogen) atoms. The van der Waals surface area contributed by atoms with Crippen LogP contribution in [0.4, 0.5) is 0 Å². The van der Waals surface area contributed by atoms with E-state index in [4.69, 9.17) is 10.1 Å². The molecular formula is C17H19N3O2S. The number of nitrogens with zero attached hydrogens (tertiary/aromatic N) is 2. The lowest BCUT2D eigenvalue weighted by molar-refractivity contribution is 0.341. The zero-order chi connectivity index (χ0) is 16.6. The van der Waals surface area contributed by atoms with Crippen molar-refractivity contribution in [2.24, 2.45) is 0 Å². The Morgan fingerprint density at radius 2 is 2.09 bits per heavy atom. The van der Waals surface area contributed by atoms with Gasteiger partial charge in [0.05, 0.1) is 24.9 Å². The first-order chi connectivity index (χ1) is 11.0. The van der Waals surface area contributed by atoms with Crippen molar-refractivity contribution in [2.45, 2.75) is 20.4 Å². The van der Waals surface area contributed by atoms with Crippen LogP contribution in [0.25, 0.3) is 5.57 Å². The van der Waals surface area contributed by atoms with Gasteiger partial charge in [-0.1, -0.05) is 18.2 Å². The van der Waals surface area contributed by atoms with Crippen LogP contribution >= 0.6 is 11.3 Å². The fourth-order valence-electron chi connectivity index (χ4n) is 2.61. The number of aliphatic hydroxyl groups is 1. The van der Waals surface area contributed by atoms with Crippen LogP contribution < -0.4 is 4.74 Å². The molecule has 0 bridgehead atoms. The summed E-state index contributed by atoms with van der Waals surface area (Å²) in [4.78, 5) is 7.41. The van der Waals surface area contributed by atoms with E-state index in [9.17, 15) is 5.11 Å². The van der Waals surface area contributed by atoms with Crippen LogP contribution in [-0.4, -0.2) is 34.5 Å². The molecule has 1 aliphatic rings. The van der Waals surface area contributed by atoms with Crippen LogP contribution in [0.15, 0.2) is 30.0 Å². The first-order valence-electron chi connectivity index (χ1n) is 7.33. The van der Waals surface area contributed by atoms with Crippen molar-refractivity contribution in [3.8, 4) is 5.75 Å². The summed E-state index contributed by atoms with van der Waals surface area (Å²) in [5.74, 6) is 1.30. The largest absolute Gasteiger partial charge is 0.510 e. The summed E-state index contributed by atoms with van der Waals surface area (Å²) in [5.41, 5.74) is 2.47.